The van der Waals surface area contributed by atoms with Gasteiger partial charge < -0.3 is 0 Å². The van der Waals surface area contributed by atoms with Gasteiger partial charge >= 0.3 is 0 Å². The van der Waals surface area contributed by atoms with E-state index in [9.17, 15) is 0 Å². The first-order valence-corrected chi connectivity index (χ1v) is 11.0. The van der Waals surface area contributed by atoms with E-state index in [4.69, 9.17) is 4.99 Å². The molecule has 2 unspecified atom stereocenters. The number of aliphatic imine (C=N–C) groups is 1. The number of rotatable bonds is 4. The van der Waals surface area contributed by atoms with Crippen molar-refractivity contribution in [3.8, 4) is 0 Å². The van der Waals surface area contributed by atoms with Gasteiger partial charge in [0.05, 0.1) is 0 Å². The SMILES string of the molecule is C=C1/C=C\C=C/C[C@@H]2CCCC(C/N=C(/C)CC3C=CCCC3=C)[C@@H]2S1. The number of fused-ring (bicyclic) bond motifs is 1. The Morgan fingerprint density at radius 2 is 2.12 bits per heavy atom. The van der Waals surface area contributed by atoms with E-state index in [1.165, 1.54) is 41.9 Å². The third-order valence-corrected chi connectivity index (χ3v) is 7.45. The molecule has 0 amide bonds. The van der Waals surface area contributed by atoms with Gasteiger partial charge in [-0.1, -0.05) is 55.5 Å². The van der Waals surface area contributed by atoms with Crippen LogP contribution in [0, 0.1) is 17.8 Å². The third kappa shape index (κ3) is 5.36. The summed E-state index contributed by atoms with van der Waals surface area (Å²) < 4.78 is 0. The lowest BCUT2D eigenvalue weighted by Crippen LogP contribution is -2.32. The normalized spacial score (nSPS) is 35.2. The summed E-state index contributed by atoms with van der Waals surface area (Å²) in [5.41, 5.74) is 2.66. The second-order valence-corrected chi connectivity index (χ2v) is 9.34. The van der Waals surface area contributed by atoms with E-state index in [0.29, 0.717) is 17.1 Å². The van der Waals surface area contributed by atoms with Gasteiger partial charge in [-0.3, -0.25) is 4.99 Å². The van der Waals surface area contributed by atoms with E-state index in [2.05, 4.69) is 56.5 Å². The summed E-state index contributed by atoms with van der Waals surface area (Å²) in [6, 6.07) is 0. The summed E-state index contributed by atoms with van der Waals surface area (Å²) >= 11 is 2.00. The zero-order chi connectivity index (χ0) is 18.4. The van der Waals surface area contributed by atoms with Crippen molar-refractivity contribution in [2.45, 2.75) is 57.1 Å². The van der Waals surface area contributed by atoms with Crippen molar-refractivity contribution < 1.29 is 0 Å². The van der Waals surface area contributed by atoms with Crippen LogP contribution in [0.3, 0.4) is 0 Å². The fourth-order valence-corrected chi connectivity index (χ4v) is 5.78. The fourth-order valence-electron chi connectivity index (χ4n) is 4.42. The molecule has 0 bridgehead atoms. The van der Waals surface area contributed by atoms with Crippen LogP contribution in [-0.4, -0.2) is 17.5 Å². The monoisotopic (exact) mass is 367 g/mol. The molecule has 1 heterocycles. The second-order valence-electron chi connectivity index (χ2n) is 8.03. The maximum Gasteiger partial charge on any atom is 0.0427 e. The van der Waals surface area contributed by atoms with Crippen molar-refractivity contribution >= 4 is 17.5 Å². The third-order valence-electron chi connectivity index (χ3n) is 5.97. The lowest BCUT2D eigenvalue weighted by atomic mass is 9.79. The van der Waals surface area contributed by atoms with E-state index < -0.39 is 0 Å². The first kappa shape index (κ1) is 19.5. The molecule has 4 atom stereocenters. The van der Waals surface area contributed by atoms with E-state index >= 15 is 0 Å². The molecule has 3 rings (SSSR count). The highest BCUT2D eigenvalue weighted by Crippen LogP contribution is 2.43. The molecule has 0 saturated heterocycles. The van der Waals surface area contributed by atoms with E-state index in [0.717, 1.165) is 31.7 Å². The Labute approximate surface area is 164 Å². The molecule has 26 heavy (non-hydrogen) atoms. The van der Waals surface area contributed by atoms with Crippen LogP contribution < -0.4 is 0 Å². The van der Waals surface area contributed by atoms with Crippen molar-refractivity contribution in [1.29, 1.82) is 0 Å². The van der Waals surface area contributed by atoms with Gasteiger partial charge in [0.25, 0.3) is 0 Å². The minimum Gasteiger partial charge on any atom is -0.294 e. The molecule has 0 aromatic carbocycles. The van der Waals surface area contributed by atoms with Crippen molar-refractivity contribution in [1.82, 2.24) is 0 Å². The average Bonchev–Trinajstić information content (AvgIpc) is 2.72. The summed E-state index contributed by atoms with van der Waals surface area (Å²) in [6.07, 6.45) is 22.0. The zero-order valence-electron chi connectivity index (χ0n) is 16.2. The predicted octanol–water partition coefficient (Wildman–Crippen LogP) is 6.91. The van der Waals surface area contributed by atoms with Gasteiger partial charge in [-0.25, -0.2) is 0 Å². The van der Waals surface area contributed by atoms with Crippen LogP contribution >= 0.6 is 11.8 Å². The summed E-state index contributed by atoms with van der Waals surface area (Å²) in [6.45, 7) is 11.7. The molecule has 0 radical (unpaired) electrons. The highest BCUT2D eigenvalue weighted by Gasteiger charge is 2.33. The molecule has 1 fully saturated rings. The lowest BCUT2D eigenvalue weighted by molar-refractivity contribution is 0.287. The quantitative estimate of drug-likeness (QED) is 0.388. The van der Waals surface area contributed by atoms with Crippen molar-refractivity contribution in [2.75, 3.05) is 6.54 Å². The topological polar surface area (TPSA) is 12.4 Å². The summed E-state index contributed by atoms with van der Waals surface area (Å²) in [5, 5.41) is 0.657. The summed E-state index contributed by atoms with van der Waals surface area (Å²) in [4.78, 5) is 6.23. The molecule has 0 spiro atoms. The van der Waals surface area contributed by atoms with Crippen molar-refractivity contribution in [3.63, 3.8) is 0 Å². The molecule has 0 aromatic rings. The van der Waals surface area contributed by atoms with Crippen LogP contribution in [0.2, 0.25) is 0 Å². The minimum absolute atomic E-state index is 0.501. The summed E-state index contributed by atoms with van der Waals surface area (Å²) in [5.74, 6) is 1.94. The van der Waals surface area contributed by atoms with Gasteiger partial charge in [-0.2, -0.15) is 0 Å². The Kier molecular flexibility index (Phi) is 7.19. The molecule has 1 aliphatic heterocycles. The van der Waals surface area contributed by atoms with Gasteiger partial charge in [0.15, 0.2) is 0 Å². The Morgan fingerprint density at radius 1 is 1.23 bits per heavy atom. The van der Waals surface area contributed by atoms with Crippen LogP contribution in [0.25, 0.3) is 0 Å². The Hall–Kier alpha value is -1.28. The maximum absolute atomic E-state index is 5.03. The number of allylic oxidation sites excluding steroid dienone is 7. The van der Waals surface area contributed by atoms with Crippen molar-refractivity contribution in [3.05, 3.63) is 60.1 Å². The number of nitrogens with zero attached hydrogens (tertiary/aromatic N) is 1. The smallest absolute Gasteiger partial charge is 0.0427 e. The first-order valence-electron chi connectivity index (χ1n) is 10.2. The average molecular weight is 368 g/mol. The number of hydrogen-bond donors (Lipinski definition) is 0. The van der Waals surface area contributed by atoms with Crippen LogP contribution in [0.5, 0.6) is 0 Å². The molecule has 140 valence electrons. The fraction of sp³-hybridized carbons (Fsp3) is 0.542. The molecule has 1 saturated carbocycles. The largest absolute Gasteiger partial charge is 0.294 e. The Bertz CT molecular complexity index is 637. The number of hydrogen-bond acceptors (Lipinski definition) is 2. The van der Waals surface area contributed by atoms with Gasteiger partial charge in [-0.05, 0) is 63.4 Å². The standard InChI is InChI=1S/C24H33NS/c1-18-10-7-8-13-22(18)16-19(2)25-17-23-15-9-14-21-12-6-4-5-11-20(3)26-24(21)23/h4-6,8,11,13,21-24H,1,3,7,9-10,12,14-17H2,2H3/b6-4-,11-5-,25-19-/t21-,22?,23?,24-/m1/s1. The van der Waals surface area contributed by atoms with Crippen LogP contribution in [-0.2, 0) is 0 Å². The van der Waals surface area contributed by atoms with Gasteiger partial charge in [0.2, 0.25) is 0 Å². The Morgan fingerprint density at radius 3 is 2.96 bits per heavy atom. The Balaban J connectivity index is 1.63. The van der Waals surface area contributed by atoms with E-state index in [1.807, 2.05) is 11.8 Å². The van der Waals surface area contributed by atoms with Crippen LogP contribution in [0.1, 0.15) is 51.9 Å². The predicted molar refractivity (Wildman–Crippen MR) is 118 cm³/mol. The van der Waals surface area contributed by atoms with Crippen molar-refractivity contribution in [2.24, 2.45) is 22.7 Å². The second kappa shape index (κ2) is 9.60. The van der Waals surface area contributed by atoms with Crippen LogP contribution in [0.4, 0.5) is 0 Å². The number of thioether (sulfide) groups is 1. The molecule has 1 nitrogen and oxygen atoms in total. The minimum atomic E-state index is 0.501. The molecular formula is C24H33NS. The highest BCUT2D eigenvalue weighted by atomic mass is 32.2. The first-order chi connectivity index (χ1) is 12.6. The van der Waals surface area contributed by atoms with E-state index in [1.54, 1.807) is 0 Å². The molecule has 3 aliphatic rings. The zero-order valence-corrected chi connectivity index (χ0v) is 17.0. The van der Waals surface area contributed by atoms with Gasteiger partial charge in [0.1, 0.15) is 0 Å². The summed E-state index contributed by atoms with van der Waals surface area (Å²) in [7, 11) is 0. The molecule has 0 aromatic heterocycles. The lowest BCUT2D eigenvalue weighted by Gasteiger charge is -2.37. The molecule has 2 aliphatic carbocycles. The van der Waals surface area contributed by atoms with Gasteiger partial charge in [-0.15, -0.1) is 11.8 Å². The molecular weight excluding hydrogens is 334 g/mol. The van der Waals surface area contributed by atoms with E-state index in [-0.39, 0.29) is 0 Å². The highest BCUT2D eigenvalue weighted by molar-refractivity contribution is 8.03. The molecule has 2 heteroatoms. The van der Waals surface area contributed by atoms with Crippen LogP contribution in [0.15, 0.2) is 65.1 Å². The maximum atomic E-state index is 5.03. The molecule has 0 N–H and O–H groups in total. The van der Waals surface area contributed by atoms with Gasteiger partial charge in [0, 0.05) is 28.3 Å².